The molecule has 7 heteroatoms. The summed E-state index contributed by atoms with van der Waals surface area (Å²) in [6, 6.07) is 6.01. The van der Waals surface area contributed by atoms with E-state index in [-0.39, 0.29) is 0 Å². The molecule has 5 nitrogen and oxygen atoms in total. The van der Waals surface area contributed by atoms with Gasteiger partial charge in [0.05, 0.1) is 6.04 Å². The van der Waals surface area contributed by atoms with Crippen molar-refractivity contribution in [3.05, 3.63) is 28.8 Å². The lowest BCUT2D eigenvalue weighted by Crippen LogP contribution is -2.08. The minimum Gasteiger partial charge on any atom is -0.398 e. The Morgan fingerprint density at radius 1 is 1.35 bits per heavy atom. The van der Waals surface area contributed by atoms with Crippen molar-refractivity contribution in [3.63, 3.8) is 0 Å². The monoisotopic (exact) mass is 309 g/mol. The molecule has 0 aliphatic heterocycles. The second-order valence-electron chi connectivity index (χ2n) is 4.94. The van der Waals surface area contributed by atoms with Gasteiger partial charge in [0, 0.05) is 22.0 Å². The van der Waals surface area contributed by atoms with Crippen molar-refractivity contribution in [1.82, 2.24) is 20.2 Å². The van der Waals surface area contributed by atoms with Crippen LogP contribution in [-0.2, 0) is 5.75 Å². The van der Waals surface area contributed by atoms with Gasteiger partial charge in [0.1, 0.15) is 0 Å². The van der Waals surface area contributed by atoms with Crippen LogP contribution in [0.25, 0.3) is 0 Å². The molecule has 1 aliphatic rings. The predicted octanol–water partition coefficient (Wildman–Crippen LogP) is 3.32. The molecule has 0 saturated heterocycles. The topological polar surface area (TPSA) is 69.6 Å². The number of benzene rings is 1. The SMILES string of the molecule is Nc1cccc(Cl)c1CSc1nnnn1C1CCCC1. The Labute approximate surface area is 126 Å². The quantitative estimate of drug-likeness (QED) is 0.693. The van der Waals surface area contributed by atoms with Crippen LogP contribution >= 0.6 is 23.4 Å². The summed E-state index contributed by atoms with van der Waals surface area (Å²) in [5.74, 6) is 0.679. The molecule has 0 unspecified atom stereocenters. The van der Waals surface area contributed by atoms with Crippen LogP contribution in [0, 0.1) is 0 Å². The third-order valence-corrected chi connectivity index (χ3v) is 4.95. The van der Waals surface area contributed by atoms with Gasteiger partial charge < -0.3 is 5.73 Å². The number of anilines is 1. The third kappa shape index (κ3) is 2.76. The Morgan fingerprint density at radius 2 is 2.15 bits per heavy atom. The number of hydrogen-bond acceptors (Lipinski definition) is 5. The number of nitrogen functional groups attached to an aromatic ring is 1. The number of nitrogens with two attached hydrogens (primary N) is 1. The van der Waals surface area contributed by atoms with Gasteiger partial charge in [0.25, 0.3) is 0 Å². The molecule has 0 spiro atoms. The number of thioether (sulfide) groups is 1. The van der Waals surface area contributed by atoms with Crippen LogP contribution in [0.1, 0.15) is 37.3 Å². The smallest absolute Gasteiger partial charge is 0.209 e. The second kappa shape index (κ2) is 6.01. The minimum absolute atomic E-state index is 0.441. The van der Waals surface area contributed by atoms with Gasteiger partial charge in [-0.05, 0) is 35.4 Å². The summed E-state index contributed by atoms with van der Waals surface area (Å²) in [7, 11) is 0. The first-order valence-corrected chi connectivity index (χ1v) is 8.05. The van der Waals surface area contributed by atoms with E-state index in [4.69, 9.17) is 17.3 Å². The van der Waals surface area contributed by atoms with Crippen LogP contribution in [-0.4, -0.2) is 20.2 Å². The highest BCUT2D eigenvalue weighted by atomic mass is 35.5. The largest absolute Gasteiger partial charge is 0.398 e. The zero-order valence-corrected chi connectivity index (χ0v) is 12.6. The minimum atomic E-state index is 0.441. The first kappa shape index (κ1) is 13.7. The Bertz CT molecular complexity index is 574. The van der Waals surface area contributed by atoms with Crippen LogP contribution in [0.5, 0.6) is 0 Å². The van der Waals surface area contributed by atoms with E-state index in [1.807, 2.05) is 22.9 Å². The van der Waals surface area contributed by atoms with Crippen LogP contribution in [0.15, 0.2) is 23.4 Å². The standard InChI is InChI=1S/C13H16ClN5S/c14-11-6-3-7-12(15)10(11)8-20-13-16-17-18-19(13)9-4-1-2-5-9/h3,6-7,9H,1-2,4-5,8,15H2. The average molecular weight is 310 g/mol. The molecule has 1 heterocycles. The molecule has 20 heavy (non-hydrogen) atoms. The van der Waals surface area contributed by atoms with Crippen molar-refractivity contribution in [3.8, 4) is 0 Å². The summed E-state index contributed by atoms with van der Waals surface area (Å²) in [5, 5.41) is 13.6. The van der Waals surface area contributed by atoms with E-state index in [1.54, 1.807) is 11.8 Å². The predicted molar refractivity (Wildman–Crippen MR) is 80.7 cm³/mol. The molecule has 2 N–H and O–H groups in total. The number of rotatable bonds is 4. The van der Waals surface area contributed by atoms with E-state index in [2.05, 4.69) is 15.5 Å². The number of hydrogen-bond donors (Lipinski definition) is 1. The molecule has 1 saturated carbocycles. The van der Waals surface area contributed by atoms with Gasteiger partial charge in [0.2, 0.25) is 5.16 Å². The van der Waals surface area contributed by atoms with E-state index in [0.29, 0.717) is 22.5 Å². The van der Waals surface area contributed by atoms with Gasteiger partial charge in [-0.3, -0.25) is 0 Å². The maximum atomic E-state index is 6.18. The molecule has 2 aromatic rings. The Kier molecular flexibility index (Phi) is 4.12. The fourth-order valence-electron chi connectivity index (χ4n) is 2.52. The van der Waals surface area contributed by atoms with E-state index >= 15 is 0 Å². The van der Waals surface area contributed by atoms with Gasteiger partial charge in [-0.1, -0.05) is 42.3 Å². The highest BCUT2D eigenvalue weighted by molar-refractivity contribution is 7.98. The summed E-state index contributed by atoms with van der Waals surface area (Å²) < 4.78 is 1.95. The van der Waals surface area contributed by atoms with Gasteiger partial charge in [-0.2, -0.15) is 0 Å². The summed E-state index contributed by atoms with van der Waals surface area (Å²) in [6.45, 7) is 0. The van der Waals surface area contributed by atoms with E-state index in [9.17, 15) is 0 Å². The van der Waals surface area contributed by atoms with Crippen molar-refractivity contribution in [2.45, 2.75) is 42.6 Å². The zero-order valence-electron chi connectivity index (χ0n) is 11.0. The number of tetrazole rings is 1. The molecule has 1 aliphatic carbocycles. The molecular formula is C13H16ClN5S. The summed E-state index contributed by atoms with van der Waals surface area (Å²) in [4.78, 5) is 0. The molecule has 0 amide bonds. The van der Waals surface area contributed by atoms with Crippen molar-refractivity contribution in [2.24, 2.45) is 0 Å². The Morgan fingerprint density at radius 3 is 2.90 bits per heavy atom. The Hall–Kier alpha value is -1.27. The summed E-state index contributed by atoms with van der Waals surface area (Å²) in [5.41, 5.74) is 7.62. The van der Waals surface area contributed by atoms with Gasteiger partial charge in [-0.15, -0.1) is 5.10 Å². The normalized spacial score (nSPS) is 15.8. The molecule has 0 atom stereocenters. The van der Waals surface area contributed by atoms with Gasteiger partial charge in [-0.25, -0.2) is 4.68 Å². The molecular weight excluding hydrogens is 294 g/mol. The summed E-state index contributed by atoms with van der Waals surface area (Å²) in [6.07, 6.45) is 4.83. The zero-order chi connectivity index (χ0) is 13.9. The van der Waals surface area contributed by atoms with Crippen LogP contribution in [0.3, 0.4) is 0 Å². The Balaban J connectivity index is 1.74. The summed E-state index contributed by atoms with van der Waals surface area (Å²) >= 11 is 7.77. The first-order valence-electron chi connectivity index (χ1n) is 6.69. The first-order chi connectivity index (χ1) is 9.75. The van der Waals surface area contributed by atoms with Gasteiger partial charge >= 0.3 is 0 Å². The molecule has 106 valence electrons. The maximum absolute atomic E-state index is 6.18. The second-order valence-corrected chi connectivity index (χ2v) is 6.29. The van der Waals surface area contributed by atoms with Crippen LogP contribution < -0.4 is 5.73 Å². The third-order valence-electron chi connectivity index (χ3n) is 3.63. The molecule has 0 radical (unpaired) electrons. The average Bonchev–Trinajstić information content (AvgIpc) is 3.08. The van der Waals surface area contributed by atoms with E-state index in [0.717, 1.165) is 23.6 Å². The lowest BCUT2D eigenvalue weighted by Gasteiger charge is -2.11. The van der Waals surface area contributed by atoms with Crippen molar-refractivity contribution in [2.75, 3.05) is 5.73 Å². The van der Waals surface area contributed by atoms with E-state index in [1.165, 1.54) is 12.8 Å². The van der Waals surface area contributed by atoms with Gasteiger partial charge in [0.15, 0.2) is 0 Å². The number of halogens is 1. The fourth-order valence-corrected chi connectivity index (χ4v) is 3.86. The van der Waals surface area contributed by atoms with Crippen molar-refractivity contribution in [1.29, 1.82) is 0 Å². The highest BCUT2D eigenvalue weighted by Crippen LogP contribution is 2.34. The van der Waals surface area contributed by atoms with Crippen LogP contribution in [0.2, 0.25) is 5.02 Å². The highest BCUT2D eigenvalue weighted by Gasteiger charge is 2.21. The number of nitrogens with zero attached hydrogens (tertiary/aromatic N) is 4. The van der Waals surface area contributed by atoms with Crippen molar-refractivity contribution < 1.29 is 0 Å². The molecule has 1 fully saturated rings. The van der Waals surface area contributed by atoms with Crippen LogP contribution in [0.4, 0.5) is 5.69 Å². The molecule has 0 bridgehead atoms. The lowest BCUT2D eigenvalue weighted by molar-refractivity contribution is 0.423. The van der Waals surface area contributed by atoms with E-state index < -0.39 is 0 Å². The maximum Gasteiger partial charge on any atom is 0.209 e. The lowest BCUT2D eigenvalue weighted by atomic mass is 10.2. The molecule has 3 rings (SSSR count). The number of aromatic nitrogens is 4. The van der Waals surface area contributed by atoms with Crippen molar-refractivity contribution >= 4 is 29.1 Å². The fraction of sp³-hybridized carbons (Fsp3) is 0.462. The molecule has 1 aromatic carbocycles. The molecule has 1 aromatic heterocycles.